The summed E-state index contributed by atoms with van der Waals surface area (Å²) in [5.74, 6) is -0.168. The van der Waals surface area contributed by atoms with Gasteiger partial charge in [0.15, 0.2) is 17.0 Å². The van der Waals surface area contributed by atoms with Crippen LogP contribution in [0.1, 0.15) is 16.1 Å². The van der Waals surface area contributed by atoms with Gasteiger partial charge < -0.3 is 13.9 Å². The lowest BCUT2D eigenvalue weighted by atomic mass is 10.2. The van der Waals surface area contributed by atoms with Gasteiger partial charge in [-0.1, -0.05) is 30.3 Å². The maximum Gasteiger partial charge on any atom is 0.360 e. The van der Waals surface area contributed by atoms with Crippen molar-refractivity contribution in [3.8, 4) is 5.75 Å². The molecule has 0 atom stereocenters. The zero-order chi connectivity index (χ0) is 14.7. The van der Waals surface area contributed by atoms with Gasteiger partial charge in [-0.05, 0) is 11.6 Å². The van der Waals surface area contributed by atoms with Gasteiger partial charge in [0.25, 0.3) is 0 Å². The predicted octanol–water partition coefficient (Wildman–Crippen LogP) is 3.19. The number of carbonyl (C=O) groups is 1. The third-order valence-electron chi connectivity index (χ3n) is 3.07. The standard InChI is InChI=1S/C16H13NO4/c1-19-16(18)14-15(12-7-8-20-13(12)9-17-14)21-10-11-5-3-2-4-6-11/h2-9H,10H2,1H3. The van der Waals surface area contributed by atoms with E-state index >= 15 is 0 Å². The maximum atomic E-state index is 11.8. The highest BCUT2D eigenvalue weighted by Crippen LogP contribution is 2.30. The first kappa shape index (κ1) is 13.2. The molecule has 5 heteroatoms. The van der Waals surface area contributed by atoms with Crippen LogP contribution in [0.25, 0.3) is 11.0 Å². The van der Waals surface area contributed by atoms with Crippen LogP contribution in [0.15, 0.2) is 53.3 Å². The number of ether oxygens (including phenoxy) is 2. The number of furan rings is 1. The van der Waals surface area contributed by atoms with Crippen LogP contribution < -0.4 is 4.74 Å². The lowest BCUT2D eigenvalue weighted by molar-refractivity contribution is 0.0589. The Balaban J connectivity index is 1.98. The van der Waals surface area contributed by atoms with E-state index in [0.29, 0.717) is 23.3 Å². The number of methoxy groups -OCH3 is 1. The van der Waals surface area contributed by atoms with Crippen molar-refractivity contribution in [1.29, 1.82) is 0 Å². The number of esters is 1. The first-order valence-corrected chi connectivity index (χ1v) is 6.41. The zero-order valence-corrected chi connectivity index (χ0v) is 11.4. The number of benzene rings is 1. The Labute approximate surface area is 121 Å². The van der Waals surface area contributed by atoms with Gasteiger partial charge in [-0.25, -0.2) is 9.78 Å². The molecular weight excluding hydrogens is 270 g/mol. The SMILES string of the molecule is COC(=O)c1ncc2occc2c1OCc1ccccc1. The molecule has 0 bridgehead atoms. The fourth-order valence-electron chi connectivity index (χ4n) is 2.04. The molecule has 5 nitrogen and oxygen atoms in total. The smallest absolute Gasteiger partial charge is 0.360 e. The molecule has 0 aliphatic rings. The molecule has 0 fully saturated rings. The summed E-state index contributed by atoms with van der Waals surface area (Å²) in [7, 11) is 1.31. The minimum atomic E-state index is -0.541. The van der Waals surface area contributed by atoms with Crippen LogP contribution in [0.2, 0.25) is 0 Å². The first-order chi connectivity index (χ1) is 10.3. The summed E-state index contributed by atoms with van der Waals surface area (Å²) in [4.78, 5) is 15.9. The Hall–Kier alpha value is -2.82. The molecule has 3 rings (SSSR count). The summed E-state index contributed by atoms with van der Waals surface area (Å²) in [6, 6.07) is 11.4. The molecule has 3 aromatic rings. The fraction of sp³-hybridized carbons (Fsp3) is 0.125. The van der Waals surface area contributed by atoms with Gasteiger partial charge in [0, 0.05) is 0 Å². The van der Waals surface area contributed by atoms with Gasteiger partial charge in [0.2, 0.25) is 0 Å². The Bertz CT molecular complexity index is 764. The van der Waals surface area contributed by atoms with Gasteiger partial charge in [0.05, 0.1) is 25.0 Å². The molecule has 0 radical (unpaired) electrons. The van der Waals surface area contributed by atoms with E-state index in [-0.39, 0.29) is 5.69 Å². The minimum Gasteiger partial charge on any atom is -0.486 e. The largest absolute Gasteiger partial charge is 0.486 e. The highest BCUT2D eigenvalue weighted by atomic mass is 16.5. The molecule has 0 aliphatic carbocycles. The van der Waals surface area contributed by atoms with Crippen LogP contribution >= 0.6 is 0 Å². The number of hydrogen-bond donors (Lipinski definition) is 0. The second-order valence-electron chi connectivity index (χ2n) is 4.40. The lowest BCUT2D eigenvalue weighted by Gasteiger charge is -2.10. The van der Waals surface area contributed by atoms with E-state index < -0.39 is 5.97 Å². The second kappa shape index (κ2) is 5.66. The average molecular weight is 283 g/mol. The molecule has 0 amide bonds. The number of carbonyl (C=O) groups excluding carboxylic acids is 1. The van der Waals surface area contributed by atoms with E-state index in [1.807, 2.05) is 30.3 Å². The van der Waals surface area contributed by atoms with Crippen LogP contribution in [0.3, 0.4) is 0 Å². The van der Waals surface area contributed by atoms with Crippen LogP contribution in [0, 0.1) is 0 Å². The summed E-state index contributed by atoms with van der Waals surface area (Å²) in [6.45, 7) is 0.330. The van der Waals surface area contributed by atoms with E-state index in [0.717, 1.165) is 5.56 Å². The first-order valence-electron chi connectivity index (χ1n) is 6.41. The van der Waals surface area contributed by atoms with E-state index in [9.17, 15) is 4.79 Å². The number of hydrogen-bond acceptors (Lipinski definition) is 5. The molecule has 0 spiro atoms. The quantitative estimate of drug-likeness (QED) is 0.688. The number of aromatic nitrogens is 1. The number of nitrogens with zero attached hydrogens (tertiary/aromatic N) is 1. The Morgan fingerprint density at radius 1 is 1.24 bits per heavy atom. The summed E-state index contributed by atoms with van der Waals surface area (Å²) in [6.07, 6.45) is 3.01. The van der Waals surface area contributed by atoms with Crippen molar-refractivity contribution in [1.82, 2.24) is 4.98 Å². The summed E-state index contributed by atoms with van der Waals surface area (Å²) < 4.78 is 15.8. The van der Waals surface area contributed by atoms with Gasteiger partial charge in [-0.2, -0.15) is 0 Å². The highest BCUT2D eigenvalue weighted by molar-refractivity contribution is 5.97. The number of pyridine rings is 1. The molecule has 0 saturated heterocycles. The van der Waals surface area contributed by atoms with E-state index in [2.05, 4.69) is 4.98 Å². The van der Waals surface area contributed by atoms with Gasteiger partial charge in [0.1, 0.15) is 6.61 Å². The fourth-order valence-corrected chi connectivity index (χ4v) is 2.04. The molecule has 106 valence electrons. The van der Waals surface area contributed by atoms with E-state index in [4.69, 9.17) is 13.9 Å². The lowest BCUT2D eigenvalue weighted by Crippen LogP contribution is -2.08. The summed E-state index contributed by atoms with van der Waals surface area (Å²) in [5.41, 5.74) is 1.70. The van der Waals surface area contributed by atoms with Crippen LogP contribution in [-0.2, 0) is 11.3 Å². The molecule has 2 heterocycles. The molecule has 2 aromatic heterocycles. The highest BCUT2D eigenvalue weighted by Gasteiger charge is 2.19. The third-order valence-corrected chi connectivity index (χ3v) is 3.07. The monoisotopic (exact) mass is 283 g/mol. The number of fused-ring (bicyclic) bond motifs is 1. The van der Waals surface area contributed by atoms with Crippen molar-refractivity contribution in [3.05, 3.63) is 60.1 Å². The zero-order valence-electron chi connectivity index (χ0n) is 11.4. The molecule has 1 aromatic carbocycles. The van der Waals surface area contributed by atoms with Gasteiger partial charge >= 0.3 is 5.97 Å². The normalized spacial score (nSPS) is 10.5. The Morgan fingerprint density at radius 3 is 2.81 bits per heavy atom. The Morgan fingerprint density at radius 2 is 2.05 bits per heavy atom. The van der Waals surface area contributed by atoms with Crippen LogP contribution in [0.5, 0.6) is 5.75 Å². The minimum absolute atomic E-state index is 0.141. The maximum absolute atomic E-state index is 11.8. The molecule has 0 N–H and O–H groups in total. The van der Waals surface area contributed by atoms with Crippen molar-refractivity contribution in [2.75, 3.05) is 7.11 Å². The third kappa shape index (κ3) is 2.58. The Kier molecular flexibility index (Phi) is 3.55. The second-order valence-corrected chi connectivity index (χ2v) is 4.40. The topological polar surface area (TPSA) is 61.6 Å². The molecule has 0 saturated carbocycles. The van der Waals surface area contributed by atoms with Gasteiger partial charge in [-0.3, -0.25) is 0 Å². The van der Waals surface area contributed by atoms with Crippen molar-refractivity contribution in [2.24, 2.45) is 0 Å². The molecule has 0 unspecified atom stereocenters. The number of rotatable bonds is 4. The van der Waals surface area contributed by atoms with Crippen LogP contribution in [-0.4, -0.2) is 18.1 Å². The molecule has 0 aliphatic heterocycles. The van der Waals surface area contributed by atoms with Gasteiger partial charge in [-0.15, -0.1) is 0 Å². The van der Waals surface area contributed by atoms with Crippen molar-refractivity contribution >= 4 is 16.9 Å². The van der Waals surface area contributed by atoms with Crippen molar-refractivity contribution in [3.63, 3.8) is 0 Å². The molecular formula is C16H13NO4. The van der Waals surface area contributed by atoms with Crippen molar-refractivity contribution in [2.45, 2.75) is 6.61 Å². The van der Waals surface area contributed by atoms with E-state index in [1.165, 1.54) is 19.6 Å². The summed E-state index contributed by atoms with van der Waals surface area (Å²) in [5, 5.41) is 0.696. The summed E-state index contributed by atoms with van der Waals surface area (Å²) >= 11 is 0. The van der Waals surface area contributed by atoms with Crippen LogP contribution in [0.4, 0.5) is 0 Å². The molecule has 21 heavy (non-hydrogen) atoms. The average Bonchev–Trinajstić information content (AvgIpc) is 3.01. The van der Waals surface area contributed by atoms with Crippen molar-refractivity contribution < 1.29 is 18.7 Å². The predicted molar refractivity (Wildman–Crippen MR) is 76.1 cm³/mol. The van der Waals surface area contributed by atoms with E-state index in [1.54, 1.807) is 6.07 Å².